The van der Waals surface area contributed by atoms with Crippen LogP contribution in [0.3, 0.4) is 0 Å². The average Bonchev–Trinajstić information content (AvgIpc) is 2.83. The van der Waals surface area contributed by atoms with E-state index in [0.29, 0.717) is 18.5 Å². The minimum atomic E-state index is -0.529. The number of carbonyl (C=O) groups is 1. The van der Waals surface area contributed by atoms with E-state index in [1.807, 2.05) is 13.8 Å². The quantitative estimate of drug-likeness (QED) is 0.825. The molecule has 0 saturated carbocycles. The maximum Gasteiger partial charge on any atom is 0.215 e. The van der Waals surface area contributed by atoms with Crippen molar-refractivity contribution in [2.75, 3.05) is 11.4 Å². The Balaban J connectivity index is 2.30. The number of amides is 1. The number of H-pyrrole nitrogens is 1. The molecule has 0 aromatic carbocycles. The molecule has 2 heterocycles. The van der Waals surface area contributed by atoms with Crippen LogP contribution in [0.1, 0.15) is 25.5 Å². The fraction of sp³-hybridized carbons (Fsp3) is 0.357. The van der Waals surface area contributed by atoms with Crippen LogP contribution in [0.5, 0.6) is 0 Å². The number of carbonyl (C=O) groups excluding carboxylic acids is 1. The van der Waals surface area contributed by atoms with Gasteiger partial charge in [0, 0.05) is 24.0 Å². The molecular weight excluding hydrogens is 259 g/mol. The zero-order chi connectivity index (χ0) is 14.5. The maximum absolute atomic E-state index is 14.4. The molecule has 0 unspecified atom stereocenters. The van der Waals surface area contributed by atoms with Crippen LogP contribution < -0.4 is 4.90 Å². The highest BCUT2D eigenvalue weighted by atomic mass is 19.1. The van der Waals surface area contributed by atoms with Gasteiger partial charge >= 0.3 is 0 Å². The number of anilines is 1. The molecule has 1 amide bonds. The zero-order valence-corrected chi connectivity index (χ0v) is 11.6. The second-order valence-electron chi connectivity index (χ2n) is 4.58. The van der Waals surface area contributed by atoms with Crippen LogP contribution >= 0.6 is 0 Å². The first kappa shape index (κ1) is 14.2. The first-order valence-corrected chi connectivity index (χ1v) is 6.56. The van der Waals surface area contributed by atoms with Gasteiger partial charge in [0.15, 0.2) is 11.6 Å². The van der Waals surface area contributed by atoms with Crippen LogP contribution in [-0.2, 0) is 4.79 Å². The predicted octanol–water partition coefficient (Wildman–Crippen LogP) is 2.68. The number of rotatable bonds is 6. The second kappa shape index (κ2) is 6.27. The molecule has 20 heavy (non-hydrogen) atoms. The van der Waals surface area contributed by atoms with Crippen molar-refractivity contribution in [3.8, 4) is 11.3 Å². The number of aromatic nitrogens is 3. The van der Waals surface area contributed by atoms with Crippen LogP contribution in [0, 0.1) is 12.7 Å². The number of aryl methyl sites for hydroxylation is 1. The van der Waals surface area contributed by atoms with E-state index in [9.17, 15) is 9.18 Å². The molecule has 0 atom stereocenters. The van der Waals surface area contributed by atoms with Crippen molar-refractivity contribution in [1.29, 1.82) is 0 Å². The van der Waals surface area contributed by atoms with Gasteiger partial charge < -0.3 is 0 Å². The summed E-state index contributed by atoms with van der Waals surface area (Å²) in [6.45, 7) is 4.33. The summed E-state index contributed by atoms with van der Waals surface area (Å²) in [5.74, 6) is -0.428. The van der Waals surface area contributed by atoms with Gasteiger partial charge in [0.1, 0.15) is 5.69 Å². The topological polar surface area (TPSA) is 61.9 Å². The van der Waals surface area contributed by atoms with Crippen LogP contribution in [0.15, 0.2) is 18.3 Å². The van der Waals surface area contributed by atoms with E-state index in [1.165, 1.54) is 4.90 Å². The molecule has 1 N–H and O–H groups in total. The summed E-state index contributed by atoms with van der Waals surface area (Å²) in [6.07, 6.45) is 3.91. The van der Waals surface area contributed by atoms with Crippen molar-refractivity contribution >= 4 is 12.2 Å². The number of halogens is 1. The molecule has 0 radical (unpaired) electrons. The highest BCUT2D eigenvalue weighted by Gasteiger charge is 2.19. The molecule has 6 heteroatoms. The molecule has 5 nitrogen and oxygen atoms in total. The van der Waals surface area contributed by atoms with Gasteiger partial charge in [-0.25, -0.2) is 4.39 Å². The van der Waals surface area contributed by atoms with Crippen molar-refractivity contribution in [2.45, 2.75) is 26.7 Å². The van der Waals surface area contributed by atoms with Crippen molar-refractivity contribution < 1.29 is 9.18 Å². The molecule has 0 aliphatic rings. The van der Waals surface area contributed by atoms with Gasteiger partial charge in [-0.05, 0) is 25.5 Å². The van der Waals surface area contributed by atoms with E-state index in [-0.39, 0.29) is 11.5 Å². The van der Waals surface area contributed by atoms with Gasteiger partial charge in [0.05, 0.1) is 0 Å². The Morgan fingerprint density at radius 3 is 2.85 bits per heavy atom. The Hall–Kier alpha value is -2.24. The summed E-state index contributed by atoms with van der Waals surface area (Å²) >= 11 is 0. The number of pyridine rings is 1. The number of hydrogen-bond donors (Lipinski definition) is 1. The van der Waals surface area contributed by atoms with E-state index >= 15 is 0 Å². The van der Waals surface area contributed by atoms with Crippen molar-refractivity contribution in [1.82, 2.24) is 15.2 Å². The molecule has 0 spiro atoms. The monoisotopic (exact) mass is 276 g/mol. The SMILES string of the molecule is CCCCN(C=O)c1[nH]nc(-c2ccc(C)nc2)c1F. The molecule has 0 aliphatic heterocycles. The lowest BCUT2D eigenvalue weighted by Crippen LogP contribution is -2.23. The van der Waals surface area contributed by atoms with Gasteiger partial charge in [0.2, 0.25) is 6.41 Å². The minimum absolute atomic E-state index is 0.101. The largest absolute Gasteiger partial charge is 0.297 e. The first-order chi connectivity index (χ1) is 9.67. The highest BCUT2D eigenvalue weighted by Crippen LogP contribution is 2.26. The van der Waals surface area contributed by atoms with Gasteiger partial charge in [-0.3, -0.25) is 19.8 Å². The molecule has 0 bridgehead atoms. The van der Waals surface area contributed by atoms with Crippen LogP contribution in [0.25, 0.3) is 11.3 Å². The summed E-state index contributed by atoms with van der Waals surface area (Å²) in [5, 5.41) is 6.54. The fourth-order valence-electron chi connectivity index (χ4n) is 1.85. The third kappa shape index (κ3) is 2.84. The number of aromatic amines is 1. The molecule has 2 rings (SSSR count). The Bertz CT molecular complexity index is 579. The Morgan fingerprint density at radius 2 is 2.25 bits per heavy atom. The van der Waals surface area contributed by atoms with Crippen molar-refractivity contribution in [2.24, 2.45) is 0 Å². The number of nitrogens with zero attached hydrogens (tertiary/aromatic N) is 3. The normalized spacial score (nSPS) is 10.6. The molecule has 2 aromatic heterocycles. The van der Waals surface area contributed by atoms with Gasteiger partial charge in [-0.1, -0.05) is 13.3 Å². The second-order valence-corrected chi connectivity index (χ2v) is 4.58. The fourth-order valence-corrected chi connectivity index (χ4v) is 1.85. The van der Waals surface area contributed by atoms with E-state index in [1.54, 1.807) is 18.3 Å². The third-order valence-electron chi connectivity index (χ3n) is 3.04. The molecule has 2 aromatic rings. The Labute approximate surface area is 116 Å². The smallest absolute Gasteiger partial charge is 0.215 e. The minimum Gasteiger partial charge on any atom is -0.297 e. The predicted molar refractivity (Wildman–Crippen MR) is 74.8 cm³/mol. The van der Waals surface area contributed by atoms with E-state index in [0.717, 1.165) is 18.5 Å². The van der Waals surface area contributed by atoms with Crippen LogP contribution in [0.2, 0.25) is 0 Å². The summed E-state index contributed by atoms with van der Waals surface area (Å²) in [6, 6.07) is 3.54. The zero-order valence-electron chi connectivity index (χ0n) is 11.6. The molecule has 0 saturated heterocycles. The summed E-state index contributed by atoms with van der Waals surface area (Å²) in [4.78, 5) is 16.5. The van der Waals surface area contributed by atoms with E-state index in [4.69, 9.17) is 0 Å². The molecule has 0 aliphatic carbocycles. The number of unbranched alkanes of at least 4 members (excludes halogenated alkanes) is 1. The van der Waals surface area contributed by atoms with Crippen LogP contribution in [-0.4, -0.2) is 28.1 Å². The summed E-state index contributed by atoms with van der Waals surface area (Å²) in [5.41, 5.74) is 1.61. The van der Waals surface area contributed by atoms with Crippen molar-refractivity contribution in [3.05, 3.63) is 29.8 Å². The Kier molecular flexibility index (Phi) is 4.45. The van der Waals surface area contributed by atoms with Gasteiger partial charge in [0.25, 0.3) is 0 Å². The standard InChI is InChI=1S/C14H17FN4O/c1-3-4-7-19(9-20)14-12(15)13(17-18-14)11-6-5-10(2)16-8-11/h5-6,8-9H,3-4,7H2,1-2H3,(H,17,18). The number of hydrogen-bond acceptors (Lipinski definition) is 3. The Morgan fingerprint density at radius 1 is 1.45 bits per heavy atom. The lowest BCUT2D eigenvalue weighted by molar-refractivity contribution is -0.107. The molecule has 0 fully saturated rings. The lowest BCUT2D eigenvalue weighted by Gasteiger charge is -2.14. The highest BCUT2D eigenvalue weighted by molar-refractivity contribution is 5.76. The van der Waals surface area contributed by atoms with E-state index in [2.05, 4.69) is 15.2 Å². The van der Waals surface area contributed by atoms with Crippen LogP contribution in [0.4, 0.5) is 10.2 Å². The van der Waals surface area contributed by atoms with Crippen molar-refractivity contribution in [3.63, 3.8) is 0 Å². The van der Waals surface area contributed by atoms with Gasteiger partial charge in [-0.2, -0.15) is 5.10 Å². The summed E-state index contributed by atoms with van der Waals surface area (Å²) < 4.78 is 14.4. The first-order valence-electron chi connectivity index (χ1n) is 6.56. The summed E-state index contributed by atoms with van der Waals surface area (Å²) in [7, 11) is 0. The molecular formula is C14H17FN4O. The molecule has 106 valence electrons. The number of nitrogens with one attached hydrogen (secondary N) is 1. The average molecular weight is 276 g/mol. The van der Waals surface area contributed by atoms with E-state index < -0.39 is 5.82 Å². The lowest BCUT2D eigenvalue weighted by atomic mass is 10.2. The van der Waals surface area contributed by atoms with Gasteiger partial charge in [-0.15, -0.1) is 0 Å². The maximum atomic E-state index is 14.4. The third-order valence-corrected chi connectivity index (χ3v) is 3.04.